The molecule has 1 saturated heterocycles. The lowest BCUT2D eigenvalue weighted by atomic mass is 10.0. The number of carbonyl (C=O) groups is 3. The number of hydrogen-bond donors (Lipinski definition) is 2. The molecule has 0 spiro atoms. The Balaban J connectivity index is -0.000000124. The van der Waals surface area contributed by atoms with Gasteiger partial charge in [-0.15, -0.1) is 0 Å². The molecule has 1 rings (SSSR count). The Labute approximate surface area is 165 Å². The van der Waals surface area contributed by atoms with E-state index < -0.39 is 0 Å². The van der Waals surface area contributed by atoms with Crippen LogP contribution in [0.3, 0.4) is 0 Å². The van der Waals surface area contributed by atoms with Gasteiger partial charge in [-0.2, -0.15) is 0 Å². The molecule has 6 nitrogen and oxygen atoms in total. The Morgan fingerprint density at radius 1 is 1.15 bits per heavy atom. The summed E-state index contributed by atoms with van der Waals surface area (Å²) in [6, 6.07) is 0. The minimum Gasteiger partial charge on any atom is -0.459 e. The van der Waals surface area contributed by atoms with E-state index in [-0.39, 0.29) is 24.1 Å². The topological polar surface area (TPSA) is 101 Å². The Kier molecular flexibility index (Phi) is 25.0. The molecular weight excluding hydrogens is 348 g/mol. The van der Waals surface area contributed by atoms with Crippen molar-refractivity contribution in [3.63, 3.8) is 0 Å². The average molecular weight is 389 g/mol. The number of hydrogen-bond acceptors (Lipinski definition) is 6. The molecule has 6 heteroatoms. The maximum atomic E-state index is 10.1. The van der Waals surface area contributed by atoms with Crippen molar-refractivity contribution in [3.05, 3.63) is 24.3 Å². The number of aliphatic hydroxyl groups is 2. The second-order valence-corrected chi connectivity index (χ2v) is 7.45. The Hall–Kier alpha value is -1.79. The Morgan fingerprint density at radius 2 is 1.41 bits per heavy atom. The minimum atomic E-state index is -0.156. The van der Waals surface area contributed by atoms with Gasteiger partial charge in [-0.25, -0.2) is 0 Å². The van der Waals surface area contributed by atoms with Crippen molar-refractivity contribution in [1.29, 1.82) is 0 Å². The molecule has 0 aromatic heterocycles. The second kappa shape index (κ2) is 20.5. The van der Waals surface area contributed by atoms with Crippen LogP contribution in [0, 0.1) is 11.8 Å². The summed E-state index contributed by atoms with van der Waals surface area (Å²) in [5.74, 6) is 0.565. The SMILES string of the molecule is C=C(C)C=O.C=C(C)CO.CC(C)C=O.CC(C)CO.CC1(C)CC(=O)O1. The maximum absolute atomic E-state index is 10.1. The predicted molar refractivity (Wildman–Crippen MR) is 110 cm³/mol. The van der Waals surface area contributed by atoms with Crippen LogP contribution in [0.5, 0.6) is 0 Å². The molecule has 0 aromatic rings. The van der Waals surface area contributed by atoms with Crippen molar-refractivity contribution in [3.8, 4) is 0 Å². The van der Waals surface area contributed by atoms with Gasteiger partial charge in [-0.05, 0) is 39.2 Å². The van der Waals surface area contributed by atoms with Crippen LogP contribution in [0.15, 0.2) is 24.3 Å². The number of rotatable bonds is 4. The fourth-order valence-corrected chi connectivity index (χ4v) is 0.647. The van der Waals surface area contributed by atoms with Crippen LogP contribution in [0.1, 0.15) is 61.8 Å². The molecule has 0 amide bonds. The van der Waals surface area contributed by atoms with Crippen LogP contribution in [0.4, 0.5) is 0 Å². The smallest absolute Gasteiger partial charge is 0.310 e. The molecule has 1 heterocycles. The number of ether oxygens (including phenoxy) is 1. The van der Waals surface area contributed by atoms with E-state index in [9.17, 15) is 14.4 Å². The molecule has 2 N–H and O–H groups in total. The van der Waals surface area contributed by atoms with E-state index in [0.717, 1.165) is 18.1 Å². The van der Waals surface area contributed by atoms with E-state index in [0.29, 0.717) is 24.5 Å². The van der Waals surface area contributed by atoms with Crippen LogP contribution >= 0.6 is 0 Å². The van der Waals surface area contributed by atoms with Crippen molar-refractivity contribution < 1.29 is 29.3 Å². The number of carbonyl (C=O) groups excluding carboxylic acids is 3. The monoisotopic (exact) mass is 388 g/mol. The molecule has 0 saturated carbocycles. The summed E-state index contributed by atoms with van der Waals surface area (Å²) in [4.78, 5) is 29.0. The van der Waals surface area contributed by atoms with Gasteiger partial charge in [0.15, 0.2) is 0 Å². The molecule has 1 aliphatic heterocycles. The van der Waals surface area contributed by atoms with Crippen molar-refractivity contribution in [2.75, 3.05) is 13.2 Å². The van der Waals surface area contributed by atoms with Crippen molar-refractivity contribution in [1.82, 2.24) is 0 Å². The van der Waals surface area contributed by atoms with E-state index in [4.69, 9.17) is 10.2 Å². The normalized spacial score (nSPS) is 12.7. The van der Waals surface area contributed by atoms with E-state index in [1.54, 1.807) is 13.8 Å². The molecular formula is C21H40O6. The zero-order valence-electron chi connectivity index (χ0n) is 18.4. The lowest BCUT2D eigenvalue weighted by Crippen LogP contribution is -2.41. The number of cyclic esters (lactones) is 1. The summed E-state index contributed by atoms with van der Waals surface area (Å²) >= 11 is 0. The summed E-state index contributed by atoms with van der Waals surface area (Å²) in [6.07, 6.45) is 2.22. The van der Waals surface area contributed by atoms with Gasteiger partial charge in [0.1, 0.15) is 18.2 Å². The van der Waals surface area contributed by atoms with Gasteiger partial charge < -0.3 is 19.7 Å². The zero-order valence-corrected chi connectivity index (χ0v) is 18.4. The maximum Gasteiger partial charge on any atom is 0.310 e. The average Bonchev–Trinajstić information content (AvgIpc) is 2.55. The first-order valence-electron chi connectivity index (χ1n) is 8.82. The Morgan fingerprint density at radius 3 is 1.41 bits per heavy atom. The van der Waals surface area contributed by atoms with Gasteiger partial charge in [0.25, 0.3) is 0 Å². The minimum absolute atomic E-state index is 0.0787. The molecule has 160 valence electrons. The summed E-state index contributed by atoms with van der Waals surface area (Å²) < 4.78 is 4.69. The van der Waals surface area contributed by atoms with Gasteiger partial charge >= 0.3 is 5.97 Å². The first-order valence-corrected chi connectivity index (χ1v) is 8.82. The third-order valence-electron chi connectivity index (χ3n) is 2.07. The van der Waals surface area contributed by atoms with E-state index in [2.05, 4.69) is 17.9 Å². The molecule has 0 radical (unpaired) electrons. The third-order valence-corrected chi connectivity index (χ3v) is 2.07. The second-order valence-electron chi connectivity index (χ2n) is 7.45. The van der Waals surface area contributed by atoms with Crippen molar-refractivity contribution in [2.45, 2.75) is 67.4 Å². The van der Waals surface area contributed by atoms with Crippen molar-refractivity contribution >= 4 is 18.5 Å². The predicted octanol–water partition coefficient (Wildman–Crippen LogP) is 3.50. The number of esters is 1. The molecule has 0 aliphatic carbocycles. The van der Waals surface area contributed by atoms with Crippen LogP contribution in [-0.2, 0) is 19.1 Å². The quantitative estimate of drug-likeness (QED) is 0.331. The van der Waals surface area contributed by atoms with Crippen molar-refractivity contribution in [2.24, 2.45) is 11.8 Å². The fourth-order valence-electron chi connectivity index (χ4n) is 0.647. The standard InChI is InChI=1S/C5H8O2.C4H10O.2C4H8O.C4H6O/c1-5(2)3-4(6)7-5;4*1-4(2)3-5/h3H2,1-2H3;4-5H,3H2,1-2H3;3-4H,1-2H3;5H,1,3H2,2H3;3H,1H2,2H3. The highest BCUT2D eigenvalue weighted by Crippen LogP contribution is 2.25. The Bertz CT molecular complexity index is 412. The summed E-state index contributed by atoms with van der Waals surface area (Å²) in [7, 11) is 0. The van der Waals surface area contributed by atoms with Gasteiger partial charge in [0.2, 0.25) is 0 Å². The highest BCUT2D eigenvalue weighted by atomic mass is 16.6. The molecule has 0 unspecified atom stereocenters. The third kappa shape index (κ3) is 45.4. The zero-order chi connectivity index (χ0) is 22.6. The fraction of sp³-hybridized carbons (Fsp3) is 0.667. The number of aliphatic hydroxyl groups excluding tert-OH is 2. The van der Waals surface area contributed by atoms with E-state index >= 15 is 0 Å². The van der Waals surface area contributed by atoms with Gasteiger partial charge in [0, 0.05) is 12.5 Å². The summed E-state index contributed by atoms with van der Waals surface area (Å²) in [5, 5.41) is 16.2. The number of allylic oxidation sites excluding steroid dienone is 1. The summed E-state index contributed by atoms with van der Waals surface area (Å²) in [6.45, 7) is 22.0. The lowest BCUT2D eigenvalue weighted by molar-refractivity contribution is -0.184. The van der Waals surface area contributed by atoms with Gasteiger partial charge in [0.05, 0.1) is 13.0 Å². The highest BCUT2D eigenvalue weighted by Gasteiger charge is 2.36. The van der Waals surface area contributed by atoms with Crippen LogP contribution in [0.25, 0.3) is 0 Å². The van der Waals surface area contributed by atoms with Gasteiger partial charge in [-0.3, -0.25) is 9.59 Å². The summed E-state index contributed by atoms with van der Waals surface area (Å²) in [5.41, 5.74) is 1.23. The van der Waals surface area contributed by atoms with E-state index in [1.807, 2.05) is 41.5 Å². The van der Waals surface area contributed by atoms with Crippen LogP contribution < -0.4 is 0 Å². The molecule has 0 atom stereocenters. The molecule has 27 heavy (non-hydrogen) atoms. The van der Waals surface area contributed by atoms with E-state index in [1.165, 1.54) is 0 Å². The van der Waals surface area contributed by atoms with Crippen LogP contribution in [-0.4, -0.2) is 47.6 Å². The first-order chi connectivity index (χ1) is 12.2. The number of aldehydes is 2. The molecule has 0 bridgehead atoms. The highest BCUT2D eigenvalue weighted by molar-refractivity contribution is 5.76. The van der Waals surface area contributed by atoms with Crippen LogP contribution in [0.2, 0.25) is 0 Å². The van der Waals surface area contributed by atoms with Gasteiger partial charge in [-0.1, -0.05) is 46.4 Å². The molecule has 1 fully saturated rings. The lowest BCUT2D eigenvalue weighted by Gasteiger charge is -2.32. The first kappa shape index (κ1) is 32.8. The largest absolute Gasteiger partial charge is 0.459 e. The molecule has 0 aromatic carbocycles. The molecule has 1 aliphatic rings.